The first-order valence-corrected chi connectivity index (χ1v) is 7.52. The second-order valence-corrected chi connectivity index (χ2v) is 6.84. The summed E-state index contributed by atoms with van der Waals surface area (Å²) in [6, 6.07) is 13.7. The molecule has 0 aliphatic carbocycles. The molecule has 114 valence electrons. The SMILES string of the molecule is CC(C)n1c(-c2ccc(C(C)(C)C)cc2)ccc(C#N)c1=O. The average molecular weight is 294 g/mol. The van der Waals surface area contributed by atoms with Gasteiger partial charge in [0, 0.05) is 6.04 Å². The Hall–Kier alpha value is -2.34. The quantitative estimate of drug-likeness (QED) is 0.830. The fourth-order valence-corrected chi connectivity index (χ4v) is 2.53. The Balaban J connectivity index is 2.61. The van der Waals surface area contributed by atoms with E-state index in [1.54, 1.807) is 10.6 Å². The number of hydrogen-bond acceptors (Lipinski definition) is 2. The van der Waals surface area contributed by atoms with Crippen LogP contribution >= 0.6 is 0 Å². The van der Waals surface area contributed by atoms with Crippen molar-refractivity contribution >= 4 is 0 Å². The molecule has 2 aromatic rings. The van der Waals surface area contributed by atoms with Crippen LogP contribution in [0.1, 0.15) is 51.8 Å². The van der Waals surface area contributed by atoms with Crippen molar-refractivity contribution in [1.29, 1.82) is 5.26 Å². The van der Waals surface area contributed by atoms with E-state index < -0.39 is 0 Å². The molecule has 0 saturated heterocycles. The van der Waals surface area contributed by atoms with E-state index in [0.29, 0.717) is 0 Å². The van der Waals surface area contributed by atoms with E-state index in [1.165, 1.54) is 5.56 Å². The molecule has 0 radical (unpaired) electrons. The van der Waals surface area contributed by atoms with Gasteiger partial charge in [0.25, 0.3) is 5.56 Å². The molecule has 0 N–H and O–H groups in total. The number of nitrogens with zero attached hydrogens (tertiary/aromatic N) is 2. The third-order valence-electron chi connectivity index (χ3n) is 3.80. The first-order chi connectivity index (χ1) is 10.3. The standard InChI is InChI=1S/C19H22N2O/c1-13(2)21-17(11-8-15(12-20)18(21)22)14-6-9-16(10-7-14)19(3,4)5/h6-11,13H,1-5H3. The van der Waals surface area contributed by atoms with Crippen LogP contribution in [-0.2, 0) is 5.41 Å². The van der Waals surface area contributed by atoms with Crippen molar-refractivity contribution in [3.05, 3.63) is 57.9 Å². The van der Waals surface area contributed by atoms with Crippen LogP contribution < -0.4 is 5.56 Å². The highest BCUT2D eigenvalue weighted by Crippen LogP contribution is 2.26. The lowest BCUT2D eigenvalue weighted by Crippen LogP contribution is -2.25. The summed E-state index contributed by atoms with van der Waals surface area (Å²) in [7, 11) is 0. The van der Waals surface area contributed by atoms with Crippen molar-refractivity contribution in [1.82, 2.24) is 4.57 Å². The minimum Gasteiger partial charge on any atom is -0.305 e. The van der Waals surface area contributed by atoms with Gasteiger partial charge in [-0.3, -0.25) is 4.79 Å². The topological polar surface area (TPSA) is 45.8 Å². The van der Waals surface area contributed by atoms with Crippen molar-refractivity contribution in [2.75, 3.05) is 0 Å². The molecule has 0 amide bonds. The van der Waals surface area contributed by atoms with Gasteiger partial charge in [-0.1, -0.05) is 45.0 Å². The van der Waals surface area contributed by atoms with Crippen molar-refractivity contribution in [2.24, 2.45) is 0 Å². The van der Waals surface area contributed by atoms with Crippen LogP contribution in [0.3, 0.4) is 0 Å². The number of aromatic nitrogens is 1. The third kappa shape index (κ3) is 2.96. The summed E-state index contributed by atoms with van der Waals surface area (Å²) in [6.45, 7) is 10.4. The van der Waals surface area contributed by atoms with Gasteiger partial charge in [-0.05, 0) is 42.5 Å². The van der Waals surface area contributed by atoms with E-state index in [1.807, 2.05) is 38.1 Å². The van der Waals surface area contributed by atoms with Crippen LogP contribution in [-0.4, -0.2) is 4.57 Å². The fraction of sp³-hybridized carbons (Fsp3) is 0.368. The highest BCUT2D eigenvalue weighted by atomic mass is 16.1. The van der Waals surface area contributed by atoms with E-state index >= 15 is 0 Å². The van der Waals surface area contributed by atoms with E-state index in [0.717, 1.165) is 11.3 Å². The van der Waals surface area contributed by atoms with Crippen molar-refractivity contribution in [3.8, 4) is 17.3 Å². The maximum absolute atomic E-state index is 12.4. The lowest BCUT2D eigenvalue weighted by Gasteiger charge is -2.20. The monoisotopic (exact) mass is 294 g/mol. The van der Waals surface area contributed by atoms with Crippen molar-refractivity contribution < 1.29 is 0 Å². The predicted octanol–water partition coefficient (Wildman–Crippen LogP) is 4.27. The molecule has 0 saturated carbocycles. The minimum absolute atomic E-state index is 0.00177. The van der Waals surface area contributed by atoms with Crippen LogP contribution in [0.25, 0.3) is 11.3 Å². The summed E-state index contributed by atoms with van der Waals surface area (Å²) < 4.78 is 1.69. The van der Waals surface area contributed by atoms with Gasteiger partial charge in [0.05, 0.1) is 5.69 Å². The molecule has 0 aliphatic rings. The molecule has 1 aromatic carbocycles. The normalized spacial score (nSPS) is 11.5. The zero-order valence-corrected chi connectivity index (χ0v) is 13.8. The van der Waals surface area contributed by atoms with E-state index in [9.17, 15) is 4.79 Å². The second kappa shape index (κ2) is 5.81. The zero-order valence-electron chi connectivity index (χ0n) is 13.8. The van der Waals surface area contributed by atoms with E-state index in [4.69, 9.17) is 5.26 Å². The summed E-state index contributed by atoms with van der Waals surface area (Å²) >= 11 is 0. The Labute approximate surface area is 131 Å². The Morgan fingerprint density at radius 1 is 1.05 bits per heavy atom. The van der Waals surface area contributed by atoms with E-state index in [-0.39, 0.29) is 22.6 Å². The molecule has 0 spiro atoms. The predicted molar refractivity (Wildman–Crippen MR) is 89.9 cm³/mol. The summed E-state index contributed by atoms with van der Waals surface area (Å²) in [4.78, 5) is 12.4. The molecular weight excluding hydrogens is 272 g/mol. The summed E-state index contributed by atoms with van der Waals surface area (Å²) in [5, 5.41) is 9.05. The smallest absolute Gasteiger partial charge is 0.269 e. The molecule has 0 atom stereocenters. The second-order valence-electron chi connectivity index (χ2n) is 6.84. The molecule has 0 aliphatic heterocycles. The van der Waals surface area contributed by atoms with Crippen LogP contribution in [0.2, 0.25) is 0 Å². The number of hydrogen-bond donors (Lipinski definition) is 0. The Bertz CT molecular complexity index is 769. The molecule has 0 fully saturated rings. The third-order valence-corrected chi connectivity index (χ3v) is 3.80. The first-order valence-electron chi connectivity index (χ1n) is 7.52. The largest absolute Gasteiger partial charge is 0.305 e. The zero-order chi connectivity index (χ0) is 16.5. The summed E-state index contributed by atoms with van der Waals surface area (Å²) in [5.74, 6) is 0. The maximum atomic E-state index is 12.4. The Morgan fingerprint density at radius 2 is 1.64 bits per heavy atom. The van der Waals surface area contributed by atoms with Crippen LogP contribution in [0.4, 0.5) is 0 Å². The van der Waals surface area contributed by atoms with Gasteiger partial charge < -0.3 is 4.57 Å². The average Bonchev–Trinajstić information content (AvgIpc) is 2.45. The lowest BCUT2D eigenvalue weighted by atomic mass is 9.86. The van der Waals surface area contributed by atoms with Gasteiger partial charge >= 0.3 is 0 Å². The highest BCUT2D eigenvalue weighted by Gasteiger charge is 2.15. The first kappa shape index (κ1) is 16.0. The molecule has 0 unspecified atom stereocenters. The molecule has 22 heavy (non-hydrogen) atoms. The van der Waals surface area contributed by atoms with Crippen molar-refractivity contribution in [2.45, 2.75) is 46.1 Å². The van der Waals surface area contributed by atoms with Gasteiger partial charge in [-0.15, -0.1) is 0 Å². The molecule has 1 heterocycles. The minimum atomic E-state index is -0.227. The Kier molecular flexibility index (Phi) is 4.23. The number of nitriles is 1. The highest BCUT2D eigenvalue weighted by molar-refractivity contribution is 5.61. The molecule has 1 aromatic heterocycles. The summed E-state index contributed by atoms with van der Waals surface area (Å²) in [6.07, 6.45) is 0. The maximum Gasteiger partial charge on any atom is 0.269 e. The number of rotatable bonds is 2. The molecule has 3 heteroatoms. The fourth-order valence-electron chi connectivity index (χ4n) is 2.53. The molecular formula is C19H22N2O. The van der Waals surface area contributed by atoms with Crippen LogP contribution in [0.15, 0.2) is 41.2 Å². The lowest BCUT2D eigenvalue weighted by molar-refractivity contribution is 0.582. The van der Waals surface area contributed by atoms with Gasteiger partial charge in [0.1, 0.15) is 11.6 Å². The van der Waals surface area contributed by atoms with Gasteiger partial charge in [0.2, 0.25) is 0 Å². The molecule has 0 bridgehead atoms. The van der Waals surface area contributed by atoms with Gasteiger partial charge in [-0.25, -0.2) is 0 Å². The number of benzene rings is 1. The van der Waals surface area contributed by atoms with Gasteiger partial charge in [0.15, 0.2) is 0 Å². The van der Waals surface area contributed by atoms with Crippen molar-refractivity contribution in [3.63, 3.8) is 0 Å². The van der Waals surface area contributed by atoms with E-state index in [2.05, 4.69) is 32.9 Å². The molecule has 3 nitrogen and oxygen atoms in total. The summed E-state index contributed by atoms with van der Waals surface area (Å²) in [5.41, 5.74) is 3.14. The van der Waals surface area contributed by atoms with Crippen LogP contribution in [0.5, 0.6) is 0 Å². The van der Waals surface area contributed by atoms with Gasteiger partial charge in [-0.2, -0.15) is 5.26 Å². The van der Waals surface area contributed by atoms with Crippen LogP contribution in [0, 0.1) is 11.3 Å². The molecule has 2 rings (SSSR count). The Morgan fingerprint density at radius 3 is 2.09 bits per heavy atom. The number of pyridine rings is 1.